The second-order valence-corrected chi connectivity index (χ2v) is 7.92. The molecule has 5 rings (SSSR count). The van der Waals surface area contributed by atoms with E-state index in [9.17, 15) is 9.90 Å². The summed E-state index contributed by atoms with van der Waals surface area (Å²) in [6.07, 6.45) is 0. The molecule has 2 heterocycles. The number of aryl methyl sites for hydroxylation is 1. The molecule has 0 fully saturated rings. The van der Waals surface area contributed by atoms with Gasteiger partial charge in [-0.3, -0.25) is 4.79 Å². The summed E-state index contributed by atoms with van der Waals surface area (Å²) in [6.45, 7) is 2.53. The Bertz CT molecular complexity index is 1200. The number of amides is 1. The van der Waals surface area contributed by atoms with Gasteiger partial charge < -0.3 is 24.2 Å². The third-order valence-electron chi connectivity index (χ3n) is 5.89. The third-order valence-corrected chi connectivity index (χ3v) is 5.89. The number of methoxy groups -OCH3 is 1. The van der Waals surface area contributed by atoms with Gasteiger partial charge in [0, 0.05) is 12.1 Å². The summed E-state index contributed by atoms with van der Waals surface area (Å²) in [7, 11) is 1.60. The fraction of sp³-hybridized carbons (Fsp3) is 0.192. The second-order valence-electron chi connectivity index (χ2n) is 7.92. The normalized spacial score (nSPS) is 17.2. The number of ether oxygens (including phenoxy) is 3. The van der Waals surface area contributed by atoms with E-state index in [0.29, 0.717) is 29.4 Å². The Morgan fingerprint density at radius 3 is 2.44 bits per heavy atom. The molecule has 162 valence electrons. The van der Waals surface area contributed by atoms with Crippen molar-refractivity contribution in [1.29, 1.82) is 0 Å². The third kappa shape index (κ3) is 3.43. The largest absolute Gasteiger partial charge is 0.503 e. The van der Waals surface area contributed by atoms with Crippen LogP contribution in [0.2, 0.25) is 0 Å². The van der Waals surface area contributed by atoms with Crippen molar-refractivity contribution in [3.63, 3.8) is 0 Å². The van der Waals surface area contributed by atoms with Gasteiger partial charge in [-0.25, -0.2) is 0 Å². The van der Waals surface area contributed by atoms with Crippen LogP contribution in [-0.2, 0) is 11.3 Å². The van der Waals surface area contributed by atoms with Gasteiger partial charge in [-0.1, -0.05) is 48.0 Å². The molecular weight excluding hydrogens is 406 g/mol. The lowest BCUT2D eigenvalue weighted by Gasteiger charge is -2.27. The molecule has 1 atom stereocenters. The predicted molar refractivity (Wildman–Crippen MR) is 120 cm³/mol. The van der Waals surface area contributed by atoms with Gasteiger partial charge in [-0.15, -0.1) is 0 Å². The molecule has 0 saturated carbocycles. The molecule has 3 aromatic rings. The zero-order valence-corrected chi connectivity index (χ0v) is 17.9. The number of rotatable bonds is 5. The van der Waals surface area contributed by atoms with Crippen molar-refractivity contribution < 1.29 is 24.1 Å². The van der Waals surface area contributed by atoms with Crippen LogP contribution in [0.15, 0.2) is 72.5 Å². The van der Waals surface area contributed by atoms with E-state index in [2.05, 4.69) is 0 Å². The molecule has 0 bridgehead atoms. The number of aliphatic hydroxyl groups excluding tert-OH is 1. The molecule has 6 nitrogen and oxygen atoms in total. The van der Waals surface area contributed by atoms with Crippen molar-refractivity contribution in [2.24, 2.45) is 0 Å². The molecule has 6 heteroatoms. The summed E-state index contributed by atoms with van der Waals surface area (Å²) in [5.74, 6) is 1.42. The molecule has 2 aliphatic heterocycles. The summed E-state index contributed by atoms with van der Waals surface area (Å²) < 4.78 is 16.2. The number of carbonyl (C=O) groups is 1. The minimum atomic E-state index is -0.429. The highest BCUT2D eigenvalue weighted by molar-refractivity contribution is 6.05. The summed E-state index contributed by atoms with van der Waals surface area (Å²) in [5.41, 5.74) is 4.31. The number of carbonyl (C=O) groups excluding carboxylic acids is 1. The molecule has 0 aliphatic carbocycles. The standard InChI is InChI=1S/C26H23NO5/c1-16-3-6-19(7-4-16)24-23(18-8-10-20(30-2)11-9-18)25(28)26(29)27(24)14-17-5-12-21-22(13-17)32-15-31-21/h3-13,24,28H,14-15H2,1-2H3/t24-/m1/s1. The highest BCUT2D eigenvalue weighted by atomic mass is 16.7. The molecule has 32 heavy (non-hydrogen) atoms. The molecule has 3 aromatic carbocycles. The first kappa shape index (κ1) is 20.0. The molecule has 0 unspecified atom stereocenters. The maximum absolute atomic E-state index is 13.2. The highest BCUT2D eigenvalue weighted by Gasteiger charge is 2.41. The zero-order chi connectivity index (χ0) is 22.2. The summed E-state index contributed by atoms with van der Waals surface area (Å²) in [6, 6.07) is 20.6. The van der Waals surface area contributed by atoms with E-state index in [1.807, 2.05) is 73.7 Å². The first-order valence-corrected chi connectivity index (χ1v) is 10.4. The Balaban J connectivity index is 1.56. The first-order valence-electron chi connectivity index (χ1n) is 10.4. The van der Waals surface area contributed by atoms with Crippen LogP contribution >= 0.6 is 0 Å². The predicted octanol–water partition coefficient (Wildman–Crippen LogP) is 4.79. The molecule has 1 amide bonds. The Kier molecular flexibility index (Phi) is 4.98. The van der Waals surface area contributed by atoms with Gasteiger partial charge in [0.25, 0.3) is 5.91 Å². The van der Waals surface area contributed by atoms with Crippen molar-refractivity contribution >= 4 is 11.5 Å². The van der Waals surface area contributed by atoms with Gasteiger partial charge >= 0.3 is 0 Å². The lowest BCUT2D eigenvalue weighted by molar-refractivity contribution is -0.130. The van der Waals surface area contributed by atoms with E-state index in [0.717, 1.165) is 22.3 Å². The van der Waals surface area contributed by atoms with Crippen LogP contribution in [0, 0.1) is 6.92 Å². The van der Waals surface area contributed by atoms with Crippen molar-refractivity contribution in [2.45, 2.75) is 19.5 Å². The minimum Gasteiger partial charge on any atom is -0.503 e. The Labute approximate surface area is 186 Å². The number of nitrogens with zero attached hydrogens (tertiary/aromatic N) is 1. The van der Waals surface area contributed by atoms with Crippen LogP contribution in [0.5, 0.6) is 17.2 Å². The molecular formula is C26H23NO5. The molecule has 2 aliphatic rings. The van der Waals surface area contributed by atoms with Gasteiger partial charge in [-0.2, -0.15) is 0 Å². The molecule has 0 radical (unpaired) electrons. The van der Waals surface area contributed by atoms with Gasteiger partial charge in [0.15, 0.2) is 17.3 Å². The maximum atomic E-state index is 13.2. The topological polar surface area (TPSA) is 68.2 Å². The van der Waals surface area contributed by atoms with Crippen molar-refractivity contribution in [2.75, 3.05) is 13.9 Å². The van der Waals surface area contributed by atoms with Crippen LogP contribution in [0.4, 0.5) is 0 Å². The van der Waals surface area contributed by atoms with Crippen molar-refractivity contribution in [3.8, 4) is 17.2 Å². The number of fused-ring (bicyclic) bond motifs is 1. The van der Waals surface area contributed by atoms with Gasteiger partial charge in [0.2, 0.25) is 6.79 Å². The maximum Gasteiger partial charge on any atom is 0.290 e. The Hall–Kier alpha value is -3.93. The van der Waals surface area contributed by atoms with Crippen molar-refractivity contribution in [3.05, 3.63) is 94.7 Å². The lowest BCUT2D eigenvalue weighted by Crippen LogP contribution is -2.29. The van der Waals surface area contributed by atoms with Gasteiger partial charge in [0.1, 0.15) is 5.75 Å². The molecule has 0 spiro atoms. The summed E-state index contributed by atoms with van der Waals surface area (Å²) in [4.78, 5) is 14.9. The highest BCUT2D eigenvalue weighted by Crippen LogP contribution is 2.44. The number of hydrogen-bond acceptors (Lipinski definition) is 5. The number of hydrogen-bond donors (Lipinski definition) is 1. The van der Waals surface area contributed by atoms with Gasteiger partial charge in [-0.05, 0) is 47.9 Å². The molecule has 0 aromatic heterocycles. The van der Waals surface area contributed by atoms with Crippen LogP contribution < -0.4 is 14.2 Å². The van der Waals surface area contributed by atoms with E-state index in [-0.39, 0.29) is 12.6 Å². The van der Waals surface area contributed by atoms with E-state index < -0.39 is 11.9 Å². The van der Waals surface area contributed by atoms with E-state index in [4.69, 9.17) is 14.2 Å². The van der Waals surface area contributed by atoms with Gasteiger partial charge in [0.05, 0.1) is 13.2 Å². The van der Waals surface area contributed by atoms with E-state index in [1.165, 1.54) is 0 Å². The quantitative estimate of drug-likeness (QED) is 0.632. The molecule has 1 N–H and O–H groups in total. The average Bonchev–Trinajstić information content (AvgIpc) is 3.38. The van der Waals surface area contributed by atoms with Crippen molar-refractivity contribution in [1.82, 2.24) is 4.90 Å². The van der Waals surface area contributed by atoms with E-state index in [1.54, 1.807) is 12.0 Å². The number of aliphatic hydroxyl groups is 1. The smallest absolute Gasteiger partial charge is 0.290 e. The fourth-order valence-electron chi connectivity index (χ4n) is 4.21. The Morgan fingerprint density at radius 1 is 1.00 bits per heavy atom. The zero-order valence-electron chi connectivity index (χ0n) is 17.9. The first-order chi connectivity index (χ1) is 15.5. The number of benzene rings is 3. The van der Waals surface area contributed by atoms with Crippen LogP contribution in [0.3, 0.4) is 0 Å². The SMILES string of the molecule is COc1ccc(C2=C(O)C(=O)N(Cc3ccc4c(c3)OCO4)[C@@H]2c2ccc(C)cc2)cc1. The lowest BCUT2D eigenvalue weighted by atomic mass is 9.93. The average molecular weight is 429 g/mol. The van der Waals surface area contributed by atoms with Crippen LogP contribution in [0.25, 0.3) is 5.57 Å². The Morgan fingerprint density at radius 2 is 1.72 bits per heavy atom. The second kappa shape index (κ2) is 7.96. The fourth-order valence-corrected chi connectivity index (χ4v) is 4.21. The molecule has 0 saturated heterocycles. The minimum absolute atomic E-state index is 0.192. The van der Waals surface area contributed by atoms with E-state index >= 15 is 0 Å². The summed E-state index contributed by atoms with van der Waals surface area (Å²) in [5, 5.41) is 10.9. The van der Waals surface area contributed by atoms with Crippen LogP contribution in [-0.4, -0.2) is 29.8 Å². The summed E-state index contributed by atoms with van der Waals surface area (Å²) >= 11 is 0. The van der Waals surface area contributed by atoms with Crippen LogP contribution in [0.1, 0.15) is 28.3 Å². The monoisotopic (exact) mass is 429 g/mol.